The van der Waals surface area contributed by atoms with E-state index in [2.05, 4.69) is 20.9 Å². The predicted octanol–water partition coefficient (Wildman–Crippen LogP) is 5.05. The van der Waals surface area contributed by atoms with Crippen molar-refractivity contribution >= 4 is 49.3 Å². The molecule has 4 aromatic rings. The molecule has 0 aliphatic heterocycles. The van der Waals surface area contributed by atoms with Gasteiger partial charge in [0, 0.05) is 56.9 Å². The van der Waals surface area contributed by atoms with Crippen molar-refractivity contribution in [2.24, 2.45) is 5.92 Å². The van der Waals surface area contributed by atoms with Crippen molar-refractivity contribution in [2.45, 2.75) is 23.6 Å². The van der Waals surface area contributed by atoms with Gasteiger partial charge in [-0.3, -0.25) is 9.21 Å². The number of fused-ring (bicyclic) bond motifs is 1. The molecular weight excluding hydrogens is 529 g/mol. The van der Waals surface area contributed by atoms with Crippen LogP contribution in [0.4, 0.5) is 5.69 Å². The Morgan fingerprint density at radius 3 is 2.57 bits per heavy atom. The highest BCUT2D eigenvalue weighted by molar-refractivity contribution is 7.94. The number of aromatic amines is 1. The summed E-state index contributed by atoms with van der Waals surface area (Å²) in [7, 11) is -0.226. The molecule has 0 radical (unpaired) electrons. The van der Waals surface area contributed by atoms with Gasteiger partial charge in [0.25, 0.3) is 10.0 Å². The monoisotopic (exact) mass is 560 g/mol. The molecule has 1 aromatic carbocycles. The van der Waals surface area contributed by atoms with Gasteiger partial charge in [0.05, 0.1) is 30.1 Å². The van der Waals surface area contributed by atoms with Crippen molar-refractivity contribution < 1.29 is 17.9 Å². The van der Waals surface area contributed by atoms with E-state index in [-0.39, 0.29) is 0 Å². The Balaban J connectivity index is 1.44. The molecule has 5 rings (SSSR count). The van der Waals surface area contributed by atoms with Gasteiger partial charge < -0.3 is 14.5 Å². The number of aromatic nitrogens is 2. The van der Waals surface area contributed by atoms with Gasteiger partial charge in [0.15, 0.2) is 0 Å². The number of H-pyrrole nitrogens is 1. The van der Waals surface area contributed by atoms with Crippen LogP contribution in [0.5, 0.6) is 0 Å². The number of thiazole rings is 1. The summed E-state index contributed by atoms with van der Waals surface area (Å²) in [6.45, 7) is 4.21. The topological polar surface area (TPSA) is 87.8 Å². The molecule has 1 aliphatic carbocycles. The number of ether oxygens (including phenoxy) is 2. The zero-order valence-electron chi connectivity index (χ0n) is 21.1. The average molecular weight is 561 g/mol. The molecular formula is C26H32N4O4S3. The molecule has 37 heavy (non-hydrogen) atoms. The van der Waals surface area contributed by atoms with E-state index in [1.807, 2.05) is 24.4 Å². The first-order valence-corrected chi connectivity index (χ1v) is 15.5. The average Bonchev–Trinajstić information content (AvgIpc) is 3.29. The number of nitrogens with zero attached hydrogens (tertiary/aromatic N) is 3. The second kappa shape index (κ2) is 11.6. The molecule has 0 bridgehead atoms. The first kappa shape index (κ1) is 26.3. The van der Waals surface area contributed by atoms with E-state index < -0.39 is 10.0 Å². The first-order valence-electron chi connectivity index (χ1n) is 12.3. The van der Waals surface area contributed by atoms with Gasteiger partial charge in [0.1, 0.15) is 9.22 Å². The van der Waals surface area contributed by atoms with Crippen molar-refractivity contribution in [3.8, 4) is 10.7 Å². The minimum atomic E-state index is -3.64. The quantitative estimate of drug-likeness (QED) is 0.232. The van der Waals surface area contributed by atoms with Gasteiger partial charge in [-0.1, -0.05) is 18.2 Å². The molecule has 8 nitrogen and oxygen atoms in total. The lowest BCUT2D eigenvalue weighted by Crippen LogP contribution is -2.32. The number of nitrogens with one attached hydrogen (secondary N) is 1. The van der Waals surface area contributed by atoms with Gasteiger partial charge in [-0.05, 0) is 42.3 Å². The molecule has 1 saturated carbocycles. The van der Waals surface area contributed by atoms with Crippen LogP contribution in [0.15, 0.2) is 52.2 Å². The van der Waals surface area contributed by atoms with Gasteiger partial charge in [-0.15, -0.1) is 22.7 Å². The maximum absolute atomic E-state index is 13.6. The van der Waals surface area contributed by atoms with Crippen LogP contribution in [0.2, 0.25) is 0 Å². The fraction of sp³-hybridized carbons (Fsp3) is 0.423. The summed E-state index contributed by atoms with van der Waals surface area (Å²) in [4.78, 5) is 11.6. The maximum Gasteiger partial charge on any atom is 0.273 e. The summed E-state index contributed by atoms with van der Waals surface area (Å²) in [5.74, 6) is 0.403. The molecule has 1 aliphatic rings. The predicted molar refractivity (Wildman–Crippen MR) is 150 cm³/mol. The van der Waals surface area contributed by atoms with E-state index in [9.17, 15) is 8.42 Å². The van der Waals surface area contributed by atoms with Crippen molar-refractivity contribution in [1.82, 2.24) is 14.9 Å². The fourth-order valence-corrected chi connectivity index (χ4v) is 7.86. The number of sulfonamides is 1. The Labute approximate surface area is 225 Å². The zero-order chi connectivity index (χ0) is 25.8. The summed E-state index contributed by atoms with van der Waals surface area (Å²) in [5.41, 5.74) is 2.39. The van der Waals surface area contributed by atoms with Crippen LogP contribution >= 0.6 is 22.7 Å². The number of para-hydroxylation sites is 1. The molecule has 3 heterocycles. The normalized spacial score (nSPS) is 14.1. The third-order valence-electron chi connectivity index (χ3n) is 6.45. The molecule has 0 saturated heterocycles. The van der Waals surface area contributed by atoms with Crippen LogP contribution < -0.4 is 4.31 Å². The Kier molecular flexibility index (Phi) is 8.28. The number of benzene rings is 1. The Hall–Kier alpha value is -2.28. The van der Waals surface area contributed by atoms with Crippen LogP contribution in [-0.4, -0.2) is 70.4 Å². The van der Waals surface area contributed by atoms with Crippen LogP contribution in [0.3, 0.4) is 0 Å². The van der Waals surface area contributed by atoms with Gasteiger partial charge in [-0.25, -0.2) is 13.4 Å². The van der Waals surface area contributed by atoms with Crippen LogP contribution in [-0.2, 0) is 26.0 Å². The minimum absolute atomic E-state index is 0.369. The number of methoxy groups -OCH3 is 2. The summed E-state index contributed by atoms with van der Waals surface area (Å²) >= 11 is 2.90. The second-order valence-corrected chi connectivity index (χ2v) is 13.4. The first-order chi connectivity index (χ1) is 18.0. The van der Waals surface area contributed by atoms with Crippen molar-refractivity contribution in [1.29, 1.82) is 0 Å². The Bertz CT molecular complexity index is 1400. The number of anilines is 1. The summed E-state index contributed by atoms with van der Waals surface area (Å²) < 4.78 is 39.7. The third kappa shape index (κ3) is 6.08. The summed E-state index contributed by atoms with van der Waals surface area (Å²) in [6, 6.07) is 11.4. The van der Waals surface area contributed by atoms with Crippen molar-refractivity contribution in [3.05, 3.63) is 52.9 Å². The molecule has 0 atom stereocenters. The molecule has 1 N–H and O–H groups in total. The van der Waals surface area contributed by atoms with Gasteiger partial charge >= 0.3 is 0 Å². The molecule has 0 spiro atoms. The van der Waals surface area contributed by atoms with Crippen LogP contribution in [0.1, 0.15) is 17.7 Å². The minimum Gasteiger partial charge on any atom is -0.383 e. The second-order valence-electron chi connectivity index (χ2n) is 9.23. The van der Waals surface area contributed by atoms with Crippen LogP contribution in [0.25, 0.3) is 21.6 Å². The lowest BCUT2D eigenvalue weighted by molar-refractivity contribution is 0.111. The number of hydrogen-bond acceptors (Lipinski definition) is 8. The van der Waals surface area contributed by atoms with E-state index in [1.165, 1.54) is 11.3 Å². The summed E-state index contributed by atoms with van der Waals surface area (Å²) in [6.07, 6.45) is 4.05. The van der Waals surface area contributed by atoms with E-state index in [0.29, 0.717) is 35.6 Å². The highest BCUT2D eigenvalue weighted by atomic mass is 32.2. The fourth-order valence-electron chi connectivity index (χ4n) is 4.28. The number of hydrogen-bond donors (Lipinski definition) is 1. The number of thiophene rings is 1. The van der Waals surface area contributed by atoms with Gasteiger partial charge in [-0.2, -0.15) is 0 Å². The Morgan fingerprint density at radius 2 is 1.89 bits per heavy atom. The van der Waals surface area contributed by atoms with Crippen molar-refractivity contribution in [2.75, 3.05) is 51.4 Å². The van der Waals surface area contributed by atoms with E-state index in [4.69, 9.17) is 9.47 Å². The SMILES string of the molecule is COCCN(CCOC)Cc1cnc(-c2cc3cccc(N(CC4CC4)S(=O)(=O)c4cccs4)c3[nH]2)s1. The third-order valence-corrected chi connectivity index (χ3v) is 10.6. The molecule has 0 amide bonds. The van der Waals surface area contributed by atoms with E-state index >= 15 is 0 Å². The molecule has 1 fully saturated rings. The standard InChI is InChI=1S/C26H32N4O4S3/c1-33-12-10-29(11-13-34-2)18-21-16-27-26(36-21)22-15-20-5-3-6-23(25(20)28-22)30(17-19-8-9-19)37(31,32)24-7-4-14-35-24/h3-7,14-16,19,28H,8-13,17-18H2,1-2H3. The molecule has 198 valence electrons. The lowest BCUT2D eigenvalue weighted by atomic mass is 10.2. The van der Waals surface area contributed by atoms with Crippen molar-refractivity contribution in [3.63, 3.8) is 0 Å². The largest absolute Gasteiger partial charge is 0.383 e. The van der Waals surface area contributed by atoms with E-state index in [1.54, 1.807) is 47.4 Å². The molecule has 0 unspecified atom stereocenters. The highest BCUT2D eigenvalue weighted by Crippen LogP contribution is 2.39. The zero-order valence-corrected chi connectivity index (χ0v) is 23.5. The van der Waals surface area contributed by atoms with Gasteiger partial charge in [0.2, 0.25) is 0 Å². The highest BCUT2D eigenvalue weighted by Gasteiger charge is 2.33. The molecule has 3 aromatic heterocycles. The van der Waals surface area contributed by atoms with E-state index in [0.717, 1.165) is 59.0 Å². The summed E-state index contributed by atoms with van der Waals surface area (Å²) in [5, 5.41) is 3.65. The maximum atomic E-state index is 13.6. The van der Waals surface area contributed by atoms with Crippen LogP contribution in [0, 0.1) is 5.92 Å². The number of rotatable bonds is 14. The lowest BCUT2D eigenvalue weighted by Gasteiger charge is -2.24. The Morgan fingerprint density at radius 1 is 1.11 bits per heavy atom. The smallest absolute Gasteiger partial charge is 0.273 e. The molecule has 11 heteroatoms.